The van der Waals surface area contributed by atoms with Crippen LogP contribution >= 0.6 is 0 Å². The minimum Gasteiger partial charge on any atom is -0.328 e. The van der Waals surface area contributed by atoms with Crippen molar-refractivity contribution in [3.8, 4) is 0 Å². The molecule has 0 aliphatic rings. The fourth-order valence-electron chi connectivity index (χ4n) is 0.914. The Morgan fingerprint density at radius 3 is 2.36 bits per heavy atom. The molecule has 0 radical (unpaired) electrons. The molecule has 78 valence electrons. The van der Waals surface area contributed by atoms with E-state index in [1.165, 1.54) is 5.56 Å². The summed E-state index contributed by atoms with van der Waals surface area (Å²) in [5.74, 6) is 0. The number of nitrogens with one attached hydrogen (secondary N) is 1. The van der Waals surface area contributed by atoms with Crippen LogP contribution in [0.1, 0.15) is 5.56 Å². The lowest BCUT2D eigenvalue weighted by atomic mass is 10.2. The zero-order valence-electron chi connectivity index (χ0n) is 8.01. The van der Waals surface area contributed by atoms with Crippen LogP contribution in [0.15, 0.2) is 30.3 Å². The van der Waals surface area contributed by atoms with Crippen molar-refractivity contribution >= 4 is 0 Å². The first kappa shape index (κ1) is 12.4. The van der Waals surface area contributed by atoms with E-state index < -0.39 is 5.09 Å². The SMILES string of the molecule is CNCCc1ccccc1.O=[N+]([O-])O. The van der Waals surface area contributed by atoms with E-state index in [4.69, 9.17) is 15.3 Å². The fraction of sp³-hybridized carbons (Fsp3) is 0.333. The highest BCUT2D eigenvalue weighted by Gasteiger charge is 1.86. The van der Waals surface area contributed by atoms with Crippen LogP contribution in [0.5, 0.6) is 0 Å². The van der Waals surface area contributed by atoms with Gasteiger partial charge in [0.05, 0.1) is 0 Å². The van der Waals surface area contributed by atoms with E-state index >= 15 is 0 Å². The maximum atomic E-state index is 8.36. The Bertz CT molecular complexity index is 247. The average Bonchev–Trinajstić information content (AvgIpc) is 2.15. The number of hydrogen-bond acceptors (Lipinski definition) is 3. The van der Waals surface area contributed by atoms with Gasteiger partial charge in [-0.25, -0.2) is 0 Å². The molecule has 5 nitrogen and oxygen atoms in total. The van der Waals surface area contributed by atoms with Crippen molar-refractivity contribution in [2.75, 3.05) is 13.6 Å². The largest absolute Gasteiger partial charge is 0.328 e. The summed E-state index contributed by atoms with van der Waals surface area (Å²) >= 11 is 0. The van der Waals surface area contributed by atoms with Crippen molar-refractivity contribution in [1.29, 1.82) is 0 Å². The van der Waals surface area contributed by atoms with Crippen molar-refractivity contribution in [3.63, 3.8) is 0 Å². The van der Waals surface area contributed by atoms with E-state index in [1.54, 1.807) is 0 Å². The molecule has 0 saturated carbocycles. The molecule has 0 aliphatic heterocycles. The molecule has 1 aromatic carbocycles. The molecule has 0 spiro atoms. The van der Waals surface area contributed by atoms with Crippen molar-refractivity contribution in [2.45, 2.75) is 6.42 Å². The van der Waals surface area contributed by atoms with Gasteiger partial charge in [0.1, 0.15) is 0 Å². The van der Waals surface area contributed by atoms with E-state index in [-0.39, 0.29) is 0 Å². The van der Waals surface area contributed by atoms with Crippen LogP contribution in [0.3, 0.4) is 0 Å². The maximum absolute atomic E-state index is 8.36. The van der Waals surface area contributed by atoms with E-state index in [0.29, 0.717) is 0 Å². The molecule has 0 aromatic heterocycles. The van der Waals surface area contributed by atoms with Gasteiger partial charge < -0.3 is 10.5 Å². The van der Waals surface area contributed by atoms with Gasteiger partial charge in [-0.1, -0.05) is 30.3 Å². The predicted molar refractivity (Wildman–Crippen MR) is 52.9 cm³/mol. The lowest BCUT2D eigenvalue weighted by Gasteiger charge is -1.97. The van der Waals surface area contributed by atoms with Crippen LogP contribution in [0.4, 0.5) is 0 Å². The third kappa shape index (κ3) is 8.48. The number of nitrogens with zero attached hydrogens (tertiary/aromatic N) is 1. The second-order valence-electron chi connectivity index (χ2n) is 2.58. The normalized spacial score (nSPS) is 8.64. The molecule has 0 aliphatic carbocycles. The van der Waals surface area contributed by atoms with Crippen LogP contribution < -0.4 is 5.32 Å². The monoisotopic (exact) mass is 198 g/mol. The Labute approximate surface area is 82.5 Å². The van der Waals surface area contributed by atoms with Crippen molar-refractivity contribution in [1.82, 2.24) is 5.32 Å². The fourth-order valence-corrected chi connectivity index (χ4v) is 0.914. The minimum absolute atomic E-state index is 1.06. The van der Waals surface area contributed by atoms with Gasteiger partial charge in [-0.05, 0) is 25.6 Å². The molecule has 5 heteroatoms. The predicted octanol–water partition coefficient (Wildman–Crippen LogP) is 1.10. The standard InChI is InChI=1S/C9H13N.HNO3/c1-10-8-7-9-5-3-2-4-6-9;2-1(3)4/h2-6,10H,7-8H2,1H3;(H,2,3,4). The molecular formula is C9H14N2O3. The first-order valence-corrected chi connectivity index (χ1v) is 4.18. The third-order valence-electron chi connectivity index (χ3n) is 1.51. The number of rotatable bonds is 3. The topological polar surface area (TPSA) is 75.4 Å². The summed E-state index contributed by atoms with van der Waals surface area (Å²) in [5, 5.41) is 16.8. The summed E-state index contributed by atoms with van der Waals surface area (Å²) in [5.41, 5.74) is 1.40. The number of benzene rings is 1. The molecule has 0 heterocycles. The van der Waals surface area contributed by atoms with E-state index in [1.807, 2.05) is 13.1 Å². The zero-order chi connectivity index (χ0) is 10.8. The molecule has 0 fully saturated rings. The molecule has 0 amide bonds. The van der Waals surface area contributed by atoms with Gasteiger partial charge in [-0.2, -0.15) is 0 Å². The van der Waals surface area contributed by atoms with Gasteiger partial charge in [0, 0.05) is 0 Å². The van der Waals surface area contributed by atoms with Gasteiger partial charge in [-0.15, -0.1) is 10.1 Å². The summed E-state index contributed by atoms with van der Waals surface area (Å²) in [7, 11) is 1.98. The highest BCUT2D eigenvalue weighted by molar-refractivity contribution is 5.14. The molecule has 0 unspecified atom stereocenters. The Kier molecular flexibility index (Phi) is 7.07. The molecule has 0 bridgehead atoms. The Morgan fingerprint density at radius 1 is 1.43 bits per heavy atom. The molecule has 1 rings (SSSR count). The Balaban J connectivity index is 0.000000364. The number of hydrogen-bond donors (Lipinski definition) is 2. The van der Waals surface area contributed by atoms with Crippen molar-refractivity contribution in [2.24, 2.45) is 0 Å². The van der Waals surface area contributed by atoms with E-state index in [2.05, 4.69) is 29.6 Å². The average molecular weight is 198 g/mol. The summed E-state index contributed by atoms with van der Waals surface area (Å²) in [6.45, 7) is 1.06. The van der Waals surface area contributed by atoms with Crippen LogP contribution in [0, 0.1) is 10.1 Å². The van der Waals surface area contributed by atoms with Crippen LogP contribution in [0.2, 0.25) is 0 Å². The molecule has 0 atom stereocenters. The maximum Gasteiger partial charge on any atom is 0.291 e. The van der Waals surface area contributed by atoms with Crippen LogP contribution in [-0.4, -0.2) is 23.9 Å². The second-order valence-corrected chi connectivity index (χ2v) is 2.58. The van der Waals surface area contributed by atoms with E-state index in [0.717, 1.165) is 13.0 Å². The van der Waals surface area contributed by atoms with Crippen LogP contribution in [-0.2, 0) is 6.42 Å². The number of likely N-dealkylation sites (N-methyl/N-ethyl adjacent to an activating group) is 1. The zero-order valence-corrected chi connectivity index (χ0v) is 8.01. The van der Waals surface area contributed by atoms with E-state index in [9.17, 15) is 0 Å². The highest BCUT2D eigenvalue weighted by atomic mass is 16.9. The lowest BCUT2D eigenvalue weighted by Crippen LogP contribution is -2.09. The van der Waals surface area contributed by atoms with Gasteiger partial charge in [0.2, 0.25) is 0 Å². The van der Waals surface area contributed by atoms with Gasteiger partial charge in [0.25, 0.3) is 5.09 Å². The highest BCUT2D eigenvalue weighted by Crippen LogP contribution is 1.97. The van der Waals surface area contributed by atoms with Gasteiger partial charge >= 0.3 is 0 Å². The Hall–Kier alpha value is -1.62. The van der Waals surface area contributed by atoms with Gasteiger partial charge in [0.15, 0.2) is 0 Å². The first-order chi connectivity index (χ1) is 6.66. The van der Waals surface area contributed by atoms with Crippen molar-refractivity contribution in [3.05, 3.63) is 46.0 Å². The molecule has 1 aromatic rings. The summed E-state index contributed by atoms with van der Waals surface area (Å²) in [4.78, 5) is 8.36. The quantitative estimate of drug-likeness (QED) is 0.563. The molecule has 14 heavy (non-hydrogen) atoms. The lowest BCUT2D eigenvalue weighted by molar-refractivity contribution is -0.742. The minimum atomic E-state index is -1.50. The Morgan fingerprint density at radius 2 is 1.93 bits per heavy atom. The summed E-state index contributed by atoms with van der Waals surface area (Å²) in [6.07, 6.45) is 1.12. The van der Waals surface area contributed by atoms with Crippen molar-refractivity contribution < 1.29 is 10.3 Å². The molecular weight excluding hydrogens is 184 g/mol. The first-order valence-electron chi connectivity index (χ1n) is 4.18. The molecule has 2 N–H and O–H groups in total. The molecule has 0 saturated heterocycles. The van der Waals surface area contributed by atoms with Gasteiger partial charge in [-0.3, -0.25) is 0 Å². The second kappa shape index (κ2) is 8.00. The smallest absolute Gasteiger partial charge is 0.291 e. The summed E-state index contributed by atoms with van der Waals surface area (Å²) in [6, 6.07) is 10.5. The third-order valence-corrected chi connectivity index (χ3v) is 1.51. The summed E-state index contributed by atoms with van der Waals surface area (Å²) < 4.78 is 0. The van der Waals surface area contributed by atoms with Crippen LogP contribution in [0.25, 0.3) is 0 Å².